The fourth-order valence-corrected chi connectivity index (χ4v) is 3.93. The second-order valence-electron chi connectivity index (χ2n) is 6.97. The van der Waals surface area contributed by atoms with Crippen molar-refractivity contribution in [1.29, 1.82) is 0 Å². The Bertz CT molecular complexity index is 800. The number of rotatable bonds is 3. The second-order valence-corrected chi connectivity index (χ2v) is 6.97. The molecular formula is C21H23N3O2. The highest BCUT2D eigenvalue weighted by Crippen LogP contribution is 2.32. The van der Waals surface area contributed by atoms with Crippen molar-refractivity contribution in [3.63, 3.8) is 0 Å². The molecule has 0 spiro atoms. The van der Waals surface area contributed by atoms with E-state index < -0.39 is 0 Å². The second kappa shape index (κ2) is 7.28. The van der Waals surface area contributed by atoms with Gasteiger partial charge < -0.3 is 9.80 Å². The van der Waals surface area contributed by atoms with E-state index in [9.17, 15) is 9.59 Å². The molecular weight excluding hydrogens is 326 g/mol. The first kappa shape index (κ1) is 16.8. The number of carbonyl (C=O) groups excluding carboxylic acids is 2. The molecule has 2 amide bonds. The zero-order chi connectivity index (χ0) is 17.9. The van der Waals surface area contributed by atoms with Crippen molar-refractivity contribution in [2.45, 2.75) is 31.7 Å². The fourth-order valence-electron chi connectivity index (χ4n) is 3.93. The maximum Gasteiger partial charge on any atom is 0.272 e. The van der Waals surface area contributed by atoms with Crippen LogP contribution in [0.4, 0.5) is 0 Å². The lowest BCUT2D eigenvalue weighted by Gasteiger charge is -2.25. The average Bonchev–Trinajstić information content (AvgIpc) is 3.39. The Morgan fingerprint density at radius 1 is 0.808 bits per heavy atom. The van der Waals surface area contributed by atoms with Crippen molar-refractivity contribution < 1.29 is 9.59 Å². The van der Waals surface area contributed by atoms with Gasteiger partial charge in [0.05, 0.1) is 6.04 Å². The Hall–Kier alpha value is -2.69. The van der Waals surface area contributed by atoms with Gasteiger partial charge in [-0.25, -0.2) is 4.98 Å². The molecule has 2 aromatic rings. The molecule has 0 bridgehead atoms. The molecule has 2 aliphatic heterocycles. The molecule has 0 saturated carbocycles. The molecule has 0 radical (unpaired) electrons. The molecule has 0 N–H and O–H groups in total. The average molecular weight is 349 g/mol. The van der Waals surface area contributed by atoms with Crippen molar-refractivity contribution in [1.82, 2.24) is 14.8 Å². The van der Waals surface area contributed by atoms with Crippen molar-refractivity contribution >= 4 is 11.8 Å². The number of hydrogen-bond donors (Lipinski definition) is 0. The van der Waals surface area contributed by atoms with Crippen LogP contribution in [0.15, 0.2) is 48.5 Å². The highest BCUT2D eigenvalue weighted by Gasteiger charge is 2.31. The summed E-state index contributed by atoms with van der Waals surface area (Å²) in [6, 6.07) is 15.4. The highest BCUT2D eigenvalue weighted by atomic mass is 16.2. The molecule has 4 rings (SSSR count). The molecule has 134 valence electrons. The summed E-state index contributed by atoms with van der Waals surface area (Å²) in [7, 11) is 0. The lowest BCUT2D eigenvalue weighted by atomic mass is 10.0. The summed E-state index contributed by atoms with van der Waals surface area (Å²) < 4.78 is 0. The maximum atomic E-state index is 13.1. The Kier molecular flexibility index (Phi) is 4.69. The third kappa shape index (κ3) is 3.21. The third-order valence-corrected chi connectivity index (χ3v) is 5.28. The van der Waals surface area contributed by atoms with Crippen LogP contribution < -0.4 is 0 Å². The van der Waals surface area contributed by atoms with Gasteiger partial charge in [0.2, 0.25) is 0 Å². The van der Waals surface area contributed by atoms with Crippen LogP contribution in [0.3, 0.4) is 0 Å². The van der Waals surface area contributed by atoms with Crippen molar-refractivity contribution in [3.05, 3.63) is 65.5 Å². The van der Waals surface area contributed by atoms with E-state index in [4.69, 9.17) is 0 Å². The van der Waals surface area contributed by atoms with E-state index in [1.54, 1.807) is 18.2 Å². The normalized spacial score (nSPS) is 19.8. The standard InChI is InChI=1S/C21H23N3O2/c25-20(23-13-4-5-14-23)17-10-6-11-18(22-17)21(26)24-15-7-12-19(24)16-8-2-1-3-9-16/h1-3,6,8-11,19H,4-5,7,12-15H2. The Morgan fingerprint density at radius 2 is 1.50 bits per heavy atom. The summed E-state index contributed by atoms with van der Waals surface area (Å²) in [5.74, 6) is -0.161. The molecule has 2 fully saturated rings. The minimum absolute atomic E-state index is 0.0711. The monoisotopic (exact) mass is 349 g/mol. The van der Waals surface area contributed by atoms with Crippen LogP contribution >= 0.6 is 0 Å². The molecule has 3 heterocycles. The SMILES string of the molecule is O=C(c1cccc(C(=O)N2CCCC2c2ccccc2)n1)N1CCCC1. The number of hydrogen-bond acceptors (Lipinski definition) is 3. The van der Waals surface area contributed by atoms with Gasteiger partial charge in [0.15, 0.2) is 0 Å². The first-order valence-electron chi connectivity index (χ1n) is 9.36. The summed E-state index contributed by atoms with van der Waals surface area (Å²) in [5.41, 5.74) is 1.88. The van der Waals surface area contributed by atoms with E-state index in [1.165, 1.54) is 0 Å². The number of benzene rings is 1. The van der Waals surface area contributed by atoms with Gasteiger partial charge >= 0.3 is 0 Å². The number of pyridine rings is 1. The fraction of sp³-hybridized carbons (Fsp3) is 0.381. The van der Waals surface area contributed by atoms with Gasteiger partial charge in [-0.05, 0) is 43.4 Å². The number of carbonyl (C=O) groups is 2. The Labute approximate surface area is 153 Å². The van der Waals surface area contributed by atoms with Gasteiger partial charge in [0.25, 0.3) is 11.8 Å². The third-order valence-electron chi connectivity index (χ3n) is 5.28. The molecule has 0 aliphatic carbocycles. The van der Waals surface area contributed by atoms with E-state index in [1.807, 2.05) is 28.0 Å². The van der Waals surface area contributed by atoms with E-state index in [0.717, 1.165) is 50.9 Å². The summed E-state index contributed by atoms with van der Waals surface area (Å²) in [6.07, 6.45) is 4.02. The van der Waals surface area contributed by atoms with Crippen molar-refractivity contribution in [3.8, 4) is 0 Å². The molecule has 1 atom stereocenters. The predicted octanol–water partition coefficient (Wildman–Crippen LogP) is 3.29. The quantitative estimate of drug-likeness (QED) is 0.854. The molecule has 1 unspecified atom stereocenters. The van der Waals surface area contributed by atoms with Gasteiger partial charge in [0.1, 0.15) is 11.4 Å². The molecule has 1 aromatic heterocycles. The van der Waals surface area contributed by atoms with Crippen LogP contribution in [-0.2, 0) is 0 Å². The van der Waals surface area contributed by atoms with Gasteiger partial charge in [-0.1, -0.05) is 36.4 Å². The van der Waals surface area contributed by atoms with Gasteiger partial charge in [-0.3, -0.25) is 9.59 Å². The van der Waals surface area contributed by atoms with Crippen LogP contribution in [0, 0.1) is 0 Å². The molecule has 2 aliphatic rings. The molecule has 26 heavy (non-hydrogen) atoms. The van der Waals surface area contributed by atoms with E-state index in [-0.39, 0.29) is 17.9 Å². The summed E-state index contributed by atoms with van der Waals surface area (Å²) >= 11 is 0. The lowest BCUT2D eigenvalue weighted by molar-refractivity contribution is 0.0728. The van der Waals surface area contributed by atoms with E-state index in [2.05, 4.69) is 17.1 Å². The molecule has 5 heteroatoms. The predicted molar refractivity (Wildman–Crippen MR) is 98.8 cm³/mol. The van der Waals surface area contributed by atoms with E-state index in [0.29, 0.717) is 11.4 Å². The van der Waals surface area contributed by atoms with Crippen LogP contribution in [0.5, 0.6) is 0 Å². The zero-order valence-corrected chi connectivity index (χ0v) is 14.8. The summed E-state index contributed by atoms with van der Waals surface area (Å²) in [4.78, 5) is 33.7. The number of aromatic nitrogens is 1. The Balaban J connectivity index is 1.56. The Morgan fingerprint density at radius 3 is 2.23 bits per heavy atom. The smallest absolute Gasteiger partial charge is 0.272 e. The first-order valence-corrected chi connectivity index (χ1v) is 9.36. The van der Waals surface area contributed by atoms with Crippen LogP contribution in [-0.4, -0.2) is 46.2 Å². The lowest BCUT2D eigenvalue weighted by Crippen LogP contribution is -2.32. The van der Waals surface area contributed by atoms with Gasteiger partial charge in [-0.15, -0.1) is 0 Å². The number of likely N-dealkylation sites (tertiary alicyclic amines) is 2. The molecule has 2 saturated heterocycles. The van der Waals surface area contributed by atoms with Gasteiger partial charge in [-0.2, -0.15) is 0 Å². The zero-order valence-electron chi connectivity index (χ0n) is 14.8. The number of nitrogens with zero attached hydrogens (tertiary/aromatic N) is 3. The van der Waals surface area contributed by atoms with E-state index >= 15 is 0 Å². The molecule has 5 nitrogen and oxygen atoms in total. The topological polar surface area (TPSA) is 53.5 Å². The van der Waals surface area contributed by atoms with Gasteiger partial charge in [0, 0.05) is 19.6 Å². The van der Waals surface area contributed by atoms with Crippen molar-refractivity contribution in [2.24, 2.45) is 0 Å². The van der Waals surface area contributed by atoms with Crippen molar-refractivity contribution in [2.75, 3.05) is 19.6 Å². The molecule has 1 aromatic carbocycles. The van der Waals surface area contributed by atoms with Crippen LogP contribution in [0.1, 0.15) is 58.3 Å². The maximum absolute atomic E-state index is 13.1. The highest BCUT2D eigenvalue weighted by molar-refractivity contribution is 5.96. The minimum Gasteiger partial charge on any atom is -0.337 e. The van der Waals surface area contributed by atoms with Crippen LogP contribution in [0.2, 0.25) is 0 Å². The number of amides is 2. The summed E-state index contributed by atoms with van der Waals surface area (Å²) in [5, 5.41) is 0. The van der Waals surface area contributed by atoms with Crippen LogP contribution in [0.25, 0.3) is 0 Å². The first-order chi connectivity index (χ1) is 12.7. The summed E-state index contributed by atoms with van der Waals surface area (Å²) in [6.45, 7) is 2.28. The largest absolute Gasteiger partial charge is 0.337 e. The minimum atomic E-state index is -0.0903.